The Labute approximate surface area is 163 Å². The van der Waals surface area contributed by atoms with E-state index in [9.17, 15) is 32.6 Å². The molecule has 0 saturated carbocycles. The SMILES string of the molecule is CCOC(=O)C(C=Nc1ccc(F)cc1CO)=C(O)c1cc(F)c(F)c(C)c1F. The second kappa shape index (κ2) is 9.33. The summed E-state index contributed by atoms with van der Waals surface area (Å²) in [6.45, 7) is 1.79. The minimum Gasteiger partial charge on any atom is -0.506 e. The van der Waals surface area contributed by atoms with Gasteiger partial charge in [-0.1, -0.05) is 0 Å². The van der Waals surface area contributed by atoms with Crippen LogP contribution in [0.5, 0.6) is 0 Å². The Bertz CT molecular complexity index is 1000. The van der Waals surface area contributed by atoms with Gasteiger partial charge in [0.1, 0.15) is 23.0 Å². The number of benzene rings is 2. The lowest BCUT2D eigenvalue weighted by atomic mass is 10.0. The molecule has 2 N–H and O–H groups in total. The number of ether oxygens (including phenoxy) is 1. The van der Waals surface area contributed by atoms with Crippen LogP contribution in [0.3, 0.4) is 0 Å². The van der Waals surface area contributed by atoms with Gasteiger partial charge in [-0.05, 0) is 38.1 Å². The van der Waals surface area contributed by atoms with Crippen LogP contribution in [0.15, 0.2) is 34.8 Å². The Kier molecular flexibility index (Phi) is 7.11. The van der Waals surface area contributed by atoms with Crippen molar-refractivity contribution in [2.45, 2.75) is 20.5 Å². The minimum atomic E-state index is -1.43. The van der Waals surface area contributed by atoms with Crippen molar-refractivity contribution in [3.63, 3.8) is 0 Å². The topological polar surface area (TPSA) is 79.1 Å². The van der Waals surface area contributed by atoms with Gasteiger partial charge in [-0.25, -0.2) is 22.4 Å². The lowest BCUT2D eigenvalue weighted by Crippen LogP contribution is -2.12. The van der Waals surface area contributed by atoms with Crippen LogP contribution in [0.1, 0.15) is 23.6 Å². The van der Waals surface area contributed by atoms with Gasteiger partial charge in [-0.3, -0.25) is 4.99 Å². The van der Waals surface area contributed by atoms with Crippen LogP contribution in [-0.2, 0) is 16.1 Å². The van der Waals surface area contributed by atoms with E-state index in [0.29, 0.717) is 6.07 Å². The molecular formula is C20H17F4NO4. The van der Waals surface area contributed by atoms with Crippen LogP contribution in [0.4, 0.5) is 23.2 Å². The van der Waals surface area contributed by atoms with Crippen molar-refractivity contribution < 1.29 is 37.3 Å². The second-order valence-electron chi connectivity index (χ2n) is 5.83. The van der Waals surface area contributed by atoms with Crippen LogP contribution in [-0.4, -0.2) is 29.0 Å². The Hall–Kier alpha value is -3.20. The van der Waals surface area contributed by atoms with E-state index in [2.05, 4.69) is 4.99 Å². The number of aliphatic hydroxyl groups is 2. The monoisotopic (exact) mass is 411 g/mol. The number of carbonyl (C=O) groups is 1. The molecule has 154 valence electrons. The van der Waals surface area contributed by atoms with Gasteiger partial charge < -0.3 is 14.9 Å². The molecule has 0 fully saturated rings. The van der Waals surface area contributed by atoms with Crippen molar-refractivity contribution in [1.82, 2.24) is 0 Å². The van der Waals surface area contributed by atoms with Crippen molar-refractivity contribution in [2.75, 3.05) is 6.61 Å². The van der Waals surface area contributed by atoms with E-state index in [1.165, 1.54) is 13.0 Å². The third-order valence-electron chi connectivity index (χ3n) is 3.93. The van der Waals surface area contributed by atoms with Crippen molar-refractivity contribution in [2.24, 2.45) is 4.99 Å². The Morgan fingerprint density at radius 2 is 1.86 bits per heavy atom. The molecule has 0 aliphatic carbocycles. The molecular weight excluding hydrogens is 394 g/mol. The summed E-state index contributed by atoms with van der Waals surface area (Å²) in [5, 5.41) is 19.7. The molecule has 0 saturated heterocycles. The lowest BCUT2D eigenvalue weighted by molar-refractivity contribution is -0.137. The average molecular weight is 411 g/mol. The van der Waals surface area contributed by atoms with E-state index in [0.717, 1.165) is 25.3 Å². The van der Waals surface area contributed by atoms with E-state index in [-0.39, 0.29) is 17.9 Å². The zero-order valence-electron chi connectivity index (χ0n) is 15.5. The van der Waals surface area contributed by atoms with Crippen LogP contribution >= 0.6 is 0 Å². The number of hydrogen-bond donors (Lipinski definition) is 2. The van der Waals surface area contributed by atoms with Gasteiger partial charge in [-0.15, -0.1) is 0 Å². The molecule has 0 atom stereocenters. The van der Waals surface area contributed by atoms with Crippen molar-refractivity contribution in [1.29, 1.82) is 0 Å². The average Bonchev–Trinajstić information content (AvgIpc) is 2.70. The molecule has 0 unspecified atom stereocenters. The highest BCUT2D eigenvalue weighted by Crippen LogP contribution is 2.27. The number of hydrogen-bond acceptors (Lipinski definition) is 5. The number of esters is 1. The largest absolute Gasteiger partial charge is 0.506 e. The Morgan fingerprint density at radius 3 is 2.48 bits per heavy atom. The van der Waals surface area contributed by atoms with E-state index < -0.39 is 58.3 Å². The summed E-state index contributed by atoms with van der Waals surface area (Å²) < 4.78 is 59.6. The number of nitrogens with zero attached hydrogens (tertiary/aromatic N) is 1. The maximum absolute atomic E-state index is 14.4. The van der Waals surface area contributed by atoms with Crippen molar-refractivity contribution in [3.8, 4) is 0 Å². The van der Waals surface area contributed by atoms with Crippen LogP contribution in [0.25, 0.3) is 5.76 Å². The first-order chi connectivity index (χ1) is 13.7. The molecule has 2 aromatic rings. The lowest BCUT2D eigenvalue weighted by Gasteiger charge is -2.10. The molecule has 29 heavy (non-hydrogen) atoms. The fourth-order valence-electron chi connectivity index (χ4n) is 2.41. The second-order valence-corrected chi connectivity index (χ2v) is 5.83. The number of carbonyl (C=O) groups excluding carboxylic acids is 1. The minimum absolute atomic E-state index is 0.0606. The predicted octanol–water partition coefficient (Wildman–Crippen LogP) is 4.28. The third-order valence-corrected chi connectivity index (χ3v) is 3.93. The third kappa shape index (κ3) is 4.80. The normalized spacial score (nSPS) is 12.2. The molecule has 2 aromatic carbocycles. The van der Waals surface area contributed by atoms with Gasteiger partial charge in [0.05, 0.1) is 24.5 Å². The maximum Gasteiger partial charge on any atom is 0.343 e. The molecule has 2 rings (SSSR count). The molecule has 0 amide bonds. The number of aliphatic hydroxyl groups excluding tert-OH is 2. The van der Waals surface area contributed by atoms with Crippen LogP contribution in [0.2, 0.25) is 0 Å². The van der Waals surface area contributed by atoms with Gasteiger partial charge in [0, 0.05) is 17.3 Å². The first-order valence-corrected chi connectivity index (χ1v) is 8.39. The summed E-state index contributed by atoms with van der Waals surface area (Å²) in [6.07, 6.45) is 0.801. The van der Waals surface area contributed by atoms with Gasteiger partial charge in [0.2, 0.25) is 0 Å². The highest BCUT2D eigenvalue weighted by molar-refractivity contribution is 6.15. The summed E-state index contributed by atoms with van der Waals surface area (Å²) in [5.41, 5.74) is -1.96. The van der Waals surface area contributed by atoms with Crippen LogP contribution < -0.4 is 0 Å². The number of aliphatic imine (C=N–C) groups is 1. The zero-order chi connectivity index (χ0) is 21.7. The molecule has 0 aromatic heterocycles. The highest BCUT2D eigenvalue weighted by atomic mass is 19.2. The van der Waals surface area contributed by atoms with E-state index in [1.807, 2.05) is 0 Å². The van der Waals surface area contributed by atoms with Gasteiger partial charge >= 0.3 is 5.97 Å². The van der Waals surface area contributed by atoms with Crippen molar-refractivity contribution >= 4 is 23.6 Å². The van der Waals surface area contributed by atoms with E-state index in [1.54, 1.807) is 0 Å². The summed E-state index contributed by atoms with van der Waals surface area (Å²) in [5.74, 6) is -6.88. The van der Waals surface area contributed by atoms with Gasteiger partial charge in [0.25, 0.3) is 0 Å². The Morgan fingerprint density at radius 1 is 1.17 bits per heavy atom. The zero-order valence-corrected chi connectivity index (χ0v) is 15.5. The molecule has 0 heterocycles. The fourth-order valence-corrected chi connectivity index (χ4v) is 2.41. The predicted molar refractivity (Wildman–Crippen MR) is 97.7 cm³/mol. The van der Waals surface area contributed by atoms with Crippen molar-refractivity contribution in [3.05, 3.63) is 69.8 Å². The first kappa shape index (κ1) is 22.1. The smallest absolute Gasteiger partial charge is 0.343 e. The maximum atomic E-state index is 14.4. The van der Waals surface area contributed by atoms with E-state index >= 15 is 0 Å². The summed E-state index contributed by atoms with van der Waals surface area (Å²) in [4.78, 5) is 16.1. The quantitative estimate of drug-likeness (QED) is 0.186. The summed E-state index contributed by atoms with van der Waals surface area (Å²) in [6, 6.07) is 3.67. The molecule has 0 aliphatic heterocycles. The molecule has 0 aliphatic rings. The van der Waals surface area contributed by atoms with Gasteiger partial charge in [0.15, 0.2) is 11.6 Å². The summed E-state index contributed by atoms with van der Waals surface area (Å²) >= 11 is 0. The highest BCUT2D eigenvalue weighted by Gasteiger charge is 2.23. The summed E-state index contributed by atoms with van der Waals surface area (Å²) in [7, 11) is 0. The number of rotatable bonds is 6. The number of halogens is 4. The van der Waals surface area contributed by atoms with E-state index in [4.69, 9.17) is 4.74 Å². The van der Waals surface area contributed by atoms with Crippen LogP contribution in [0, 0.1) is 30.2 Å². The molecule has 0 bridgehead atoms. The fraction of sp³-hybridized carbons (Fsp3) is 0.200. The molecule has 0 radical (unpaired) electrons. The van der Waals surface area contributed by atoms with Gasteiger partial charge in [-0.2, -0.15) is 0 Å². The Balaban J connectivity index is 2.64. The standard InChI is InChI=1S/C20H17F4NO4/c1-3-29-20(28)14(8-25-16-5-4-12(21)6-11(16)9-26)19(27)13-7-15(22)18(24)10(2)17(13)23/h4-8,26-27H,3,9H2,1-2H3. The molecule has 5 nitrogen and oxygen atoms in total. The molecule has 0 spiro atoms. The first-order valence-electron chi connectivity index (χ1n) is 8.39. The molecule has 9 heteroatoms.